The number of piperidine rings is 2. The van der Waals surface area contributed by atoms with E-state index in [-0.39, 0.29) is 31.2 Å². The molecule has 296 valence electrons. The van der Waals surface area contributed by atoms with Crippen LogP contribution in [0.4, 0.5) is 11.5 Å². The quantitative estimate of drug-likeness (QED) is 0.206. The zero-order chi connectivity index (χ0) is 39.5. The molecule has 4 fully saturated rings. The van der Waals surface area contributed by atoms with Crippen molar-refractivity contribution >= 4 is 46.2 Å². The molecule has 1 aliphatic carbocycles. The first-order valence-corrected chi connectivity index (χ1v) is 20.4. The van der Waals surface area contributed by atoms with Crippen molar-refractivity contribution < 1.29 is 23.9 Å². The second kappa shape index (κ2) is 14.3. The molecule has 3 saturated heterocycles. The maximum Gasteiger partial charge on any atom is 0.261 e. The summed E-state index contributed by atoms with van der Waals surface area (Å²) in [6.07, 6.45) is 8.30. The van der Waals surface area contributed by atoms with E-state index in [4.69, 9.17) is 15.6 Å². The smallest absolute Gasteiger partial charge is 0.261 e. The third-order valence-corrected chi connectivity index (χ3v) is 13.1. The number of fused-ring (bicyclic) bond motifs is 2. The van der Waals surface area contributed by atoms with E-state index in [1.54, 1.807) is 6.07 Å². The Hall–Kier alpha value is -6.15. The largest absolute Gasteiger partial charge is 0.457 e. The Morgan fingerprint density at radius 2 is 1.55 bits per heavy atom. The van der Waals surface area contributed by atoms with Gasteiger partial charge in [-0.3, -0.25) is 34.3 Å². The van der Waals surface area contributed by atoms with Gasteiger partial charge < -0.3 is 15.4 Å². The molecule has 1 spiro atoms. The maximum absolute atomic E-state index is 13.4. The number of benzene rings is 3. The summed E-state index contributed by atoms with van der Waals surface area (Å²) in [7, 11) is 0. The van der Waals surface area contributed by atoms with Crippen molar-refractivity contribution in [1.29, 1.82) is 0 Å². The van der Waals surface area contributed by atoms with Gasteiger partial charge in [-0.05, 0) is 111 Å². The number of hydrogen-bond acceptors (Lipinski definition) is 11. The highest BCUT2D eigenvalue weighted by Crippen LogP contribution is 2.49. The van der Waals surface area contributed by atoms with Crippen molar-refractivity contribution in [3.63, 3.8) is 0 Å². The summed E-state index contributed by atoms with van der Waals surface area (Å²) in [4.78, 5) is 65.7. The van der Waals surface area contributed by atoms with E-state index in [9.17, 15) is 19.2 Å². The summed E-state index contributed by atoms with van der Waals surface area (Å²) in [5.41, 5.74) is 11.5. The summed E-state index contributed by atoms with van der Waals surface area (Å²) < 4.78 is 8.11. The number of ether oxygens (including phenoxy) is 1. The van der Waals surface area contributed by atoms with Crippen molar-refractivity contribution in [2.45, 2.75) is 75.9 Å². The number of likely N-dealkylation sites (tertiary alicyclic amines) is 1. The average Bonchev–Trinajstić information content (AvgIpc) is 3.62. The molecule has 4 aliphatic heterocycles. The number of imide groups is 2. The molecular weight excluding hydrogens is 735 g/mol. The molecular formula is C44H45N9O5. The fourth-order valence-corrected chi connectivity index (χ4v) is 9.96. The number of nitrogen functional groups attached to an aromatic ring is 1. The van der Waals surface area contributed by atoms with Crippen molar-refractivity contribution in [3.8, 4) is 22.8 Å². The first-order chi connectivity index (χ1) is 28.2. The van der Waals surface area contributed by atoms with Gasteiger partial charge >= 0.3 is 0 Å². The van der Waals surface area contributed by atoms with E-state index >= 15 is 0 Å². The highest BCUT2D eigenvalue weighted by atomic mass is 16.5. The van der Waals surface area contributed by atoms with Crippen molar-refractivity contribution in [2.24, 2.45) is 5.41 Å². The van der Waals surface area contributed by atoms with Gasteiger partial charge in [0.25, 0.3) is 5.91 Å². The van der Waals surface area contributed by atoms with Crippen molar-refractivity contribution in [3.05, 3.63) is 90.3 Å². The van der Waals surface area contributed by atoms with E-state index in [1.807, 2.05) is 66.7 Å². The van der Waals surface area contributed by atoms with E-state index in [0.717, 1.165) is 109 Å². The summed E-state index contributed by atoms with van der Waals surface area (Å²) in [5, 5.41) is 8.19. The monoisotopic (exact) mass is 779 g/mol. The van der Waals surface area contributed by atoms with Crippen LogP contribution in [0.15, 0.2) is 79.1 Å². The number of amides is 4. The second-order valence-electron chi connectivity index (χ2n) is 16.6. The molecule has 1 saturated carbocycles. The van der Waals surface area contributed by atoms with Gasteiger partial charge in [0.05, 0.1) is 17.8 Å². The lowest BCUT2D eigenvalue weighted by atomic mass is 9.66. The van der Waals surface area contributed by atoms with Crippen LogP contribution in [0.1, 0.15) is 73.3 Å². The van der Waals surface area contributed by atoms with Crippen LogP contribution in [0.25, 0.3) is 22.3 Å². The van der Waals surface area contributed by atoms with Gasteiger partial charge in [0.1, 0.15) is 35.4 Å². The molecule has 1 atom stereocenters. The number of para-hydroxylation sites is 1. The van der Waals surface area contributed by atoms with Crippen LogP contribution >= 0.6 is 0 Å². The minimum absolute atomic E-state index is 0.0541. The lowest BCUT2D eigenvalue weighted by molar-refractivity contribution is -0.143. The number of aromatic nitrogens is 4. The first kappa shape index (κ1) is 36.2. The molecule has 6 heterocycles. The first-order valence-electron chi connectivity index (χ1n) is 20.4. The molecule has 0 radical (unpaired) electrons. The third kappa shape index (κ3) is 6.45. The molecule has 3 N–H and O–H groups in total. The molecule has 0 bridgehead atoms. The minimum atomic E-state index is -0.947. The Morgan fingerprint density at radius 3 is 2.29 bits per heavy atom. The zero-order valence-corrected chi connectivity index (χ0v) is 32.2. The number of carbonyl (C=O) groups is 4. The fraction of sp³-hybridized carbons (Fsp3) is 0.386. The summed E-state index contributed by atoms with van der Waals surface area (Å²) in [5.74, 6) is 0.120. The van der Waals surface area contributed by atoms with Gasteiger partial charge in [-0.1, -0.05) is 18.2 Å². The Balaban J connectivity index is 0.748. The second-order valence-corrected chi connectivity index (χ2v) is 16.6. The molecule has 2 aromatic heterocycles. The molecule has 3 aromatic carbocycles. The predicted molar refractivity (Wildman–Crippen MR) is 216 cm³/mol. The molecule has 10 rings (SSSR count). The Morgan fingerprint density at radius 1 is 0.810 bits per heavy atom. The number of nitrogens with zero attached hydrogens (tertiary/aromatic N) is 7. The Labute approximate surface area is 335 Å². The topological polar surface area (TPSA) is 169 Å². The van der Waals surface area contributed by atoms with Crippen LogP contribution in [0.3, 0.4) is 0 Å². The number of anilines is 2. The van der Waals surface area contributed by atoms with Gasteiger partial charge in [0.15, 0.2) is 5.65 Å². The average molecular weight is 780 g/mol. The SMILES string of the molecule is Nc1ncnc2c1c(-c1ccc(Oc3ccccc3)cc1)nn2C1CCC2(CC1)CN(C1CCN(c3ccc4c(c3)CC(=O)N(C3CCC(=O)NC3=O)C4=O)CC1)C2. The number of carbonyl (C=O) groups excluding carboxylic acids is 4. The molecule has 58 heavy (non-hydrogen) atoms. The molecule has 1 unspecified atom stereocenters. The fourth-order valence-electron chi connectivity index (χ4n) is 9.96. The van der Waals surface area contributed by atoms with Gasteiger partial charge in [-0.25, -0.2) is 14.6 Å². The van der Waals surface area contributed by atoms with Crippen molar-refractivity contribution in [1.82, 2.24) is 34.9 Å². The lowest BCUT2D eigenvalue weighted by Crippen LogP contribution is -2.62. The number of hydrogen-bond donors (Lipinski definition) is 2. The van der Waals surface area contributed by atoms with Crippen molar-refractivity contribution in [2.75, 3.05) is 36.8 Å². The lowest BCUT2D eigenvalue weighted by Gasteiger charge is -2.57. The maximum atomic E-state index is 13.4. The number of nitrogens with one attached hydrogen (secondary N) is 1. The highest BCUT2D eigenvalue weighted by Gasteiger charge is 2.48. The van der Waals surface area contributed by atoms with Crippen LogP contribution in [0.5, 0.6) is 11.5 Å². The zero-order valence-electron chi connectivity index (χ0n) is 32.2. The molecule has 14 nitrogen and oxygen atoms in total. The normalized spacial score (nSPS) is 21.6. The number of rotatable bonds is 7. The standard InChI is InChI=1S/C44H45N9O5/c45-40-38-39(27-6-9-33(10-7-27)58-32-4-2-1-3-5-32)49-53(41(38)47-26-46-40)30-14-18-44(19-15-30)24-51(25-44)29-16-20-50(21-17-29)31-8-11-34-28(22-31)23-37(55)52(43(34)57)35-12-13-36(54)48-42(35)56/h1-11,22,26,29-30,35H,12-21,23-25H2,(H2,45,46,47)(H,48,54,56). The molecule has 5 aliphatic rings. The summed E-state index contributed by atoms with van der Waals surface area (Å²) >= 11 is 0. The van der Waals surface area contributed by atoms with E-state index in [0.29, 0.717) is 28.4 Å². The van der Waals surface area contributed by atoms with Crippen LogP contribution in [-0.2, 0) is 20.8 Å². The Bertz CT molecular complexity index is 2430. The number of nitrogens with two attached hydrogens (primary N) is 1. The van der Waals surface area contributed by atoms with Gasteiger partial charge in [0.2, 0.25) is 17.7 Å². The van der Waals surface area contributed by atoms with Gasteiger partial charge in [0, 0.05) is 55.5 Å². The molecule has 4 amide bonds. The summed E-state index contributed by atoms with van der Waals surface area (Å²) in [6.45, 7) is 4.05. The Kier molecular flexibility index (Phi) is 8.96. The highest BCUT2D eigenvalue weighted by molar-refractivity contribution is 6.14. The minimum Gasteiger partial charge on any atom is -0.457 e. The molecule has 14 heteroatoms. The van der Waals surface area contributed by atoms with Crippen LogP contribution in [0, 0.1) is 5.41 Å². The third-order valence-electron chi connectivity index (χ3n) is 13.1. The van der Waals surface area contributed by atoms with Gasteiger partial charge in [-0.2, -0.15) is 5.10 Å². The van der Waals surface area contributed by atoms with Gasteiger partial charge in [-0.15, -0.1) is 0 Å². The molecule has 5 aromatic rings. The predicted octanol–water partition coefficient (Wildman–Crippen LogP) is 5.28. The van der Waals surface area contributed by atoms with Crippen LogP contribution in [0.2, 0.25) is 0 Å². The van der Waals surface area contributed by atoms with Crippen LogP contribution in [-0.4, -0.2) is 91.4 Å². The summed E-state index contributed by atoms with van der Waals surface area (Å²) in [6, 6.07) is 23.2. The van der Waals surface area contributed by atoms with E-state index in [2.05, 4.69) is 29.8 Å². The van der Waals surface area contributed by atoms with Crippen LogP contribution < -0.4 is 20.7 Å². The van der Waals surface area contributed by atoms with E-state index in [1.165, 1.54) is 6.33 Å². The van der Waals surface area contributed by atoms with E-state index < -0.39 is 23.8 Å².